The predicted octanol–water partition coefficient (Wildman–Crippen LogP) is 4.71. The molecule has 0 aliphatic carbocycles. The number of ether oxygens (including phenoxy) is 2. The lowest BCUT2D eigenvalue weighted by molar-refractivity contribution is 0.0955. The molecule has 0 aliphatic heterocycles. The molecule has 5 nitrogen and oxygen atoms in total. The van der Waals surface area contributed by atoms with Crippen LogP contribution < -0.4 is 14.9 Å². The van der Waals surface area contributed by atoms with Crippen molar-refractivity contribution in [3.8, 4) is 11.5 Å². The topological polar surface area (TPSA) is 59.9 Å². The van der Waals surface area contributed by atoms with Gasteiger partial charge in [0.25, 0.3) is 5.91 Å². The van der Waals surface area contributed by atoms with Gasteiger partial charge in [-0.1, -0.05) is 24.6 Å². The minimum absolute atomic E-state index is 0.256. The molecule has 0 radical (unpaired) electrons. The summed E-state index contributed by atoms with van der Waals surface area (Å²) in [5, 5.41) is 4.03. The number of halogens is 1. The fourth-order valence-corrected chi connectivity index (χ4v) is 2.78. The Hall–Kier alpha value is -2.34. The van der Waals surface area contributed by atoms with Gasteiger partial charge in [0.05, 0.1) is 23.9 Å². The normalized spacial score (nSPS) is 10.8. The van der Waals surface area contributed by atoms with Crippen LogP contribution in [0.5, 0.6) is 11.5 Å². The number of aryl methyl sites for hydroxylation is 1. The van der Waals surface area contributed by atoms with Crippen LogP contribution in [0.1, 0.15) is 41.8 Å². The molecule has 0 atom stereocenters. The second kappa shape index (κ2) is 9.97. The molecule has 0 bridgehead atoms. The quantitative estimate of drug-likeness (QED) is 0.498. The maximum Gasteiger partial charge on any atom is 0.271 e. The first kappa shape index (κ1) is 20.0. The minimum atomic E-state index is -0.256. The molecule has 0 aromatic heterocycles. The Morgan fingerprint density at radius 1 is 1.19 bits per heavy atom. The SMILES string of the molecule is CCCOc1c(Br)cc(/C=N\NC(=O)c2ccc(C)cc2)cc1OCC. The zero-order valence-electron chi connectivity index (χ0n) is 15.2. The van der Waals surface area contributed by atoms with Crippen molar-refractivity contribution in [3.05, 3.63) is 57.6 Å². The van der Waals surface area contributed by atoms with E-state index < -0.39 is 0 Å². The average Bonchev–Trinajstić information content (AvgIpc) is 2.62. The van der Waals surface area contributed by atoms with Crippen LogP contribution >= 0.6 is 15.9 Å². The van der Waals surface area contributed by atoms with Crippen molar-refractivity contribution in [2.24, 2.45) is 5.10 Å². The molecule has 0 aliphatic rings. The lowest BCUT2D eigenvalue weighted by atomic mass is 10.1. The number of benzene rings is 2. The third-order valence-electron chi connectivity index (χ3n) is 3.48. The van der Waals surface area contributed by atoms with E-state index in [-0.39, 0.29) is 5.91 Å². The fraction of sp³-hybridized carbons (Fsp3) is 0.300. The fourth-order valence-electron chi connectivity index (χ4n) is 2.20. The molecule has 0 fully saturated rings. The van der Waals surface area contributed by atoms with Gasteiger partial charge in [0.1, 0.15) is 0 Å². The molecule has 0 saturated carbocycles. The van der Waals surface area contributed by atoms with E-state index in [1.165, 1.54) is 0 Å². The largest absolute Gasteiger partial charge is 0.490 e. The number of rotatable bonds is 8. The zero-order valence-corrected chi connectivity index (χ0v) is 16.8. The molecule has 1 N–H and O–H groups in total. The van der Waals surface area contributed by atoms with E-state index in [0.29, 0.717) is 30.3 Å². The maximum atomic E-state index is 12.1. The molecule has 0 saturated heterocycles. The van der Waals surface area contributed by atoms with Gasteiger partial charge >= 0.3 is 0 Å². The van der Waals surface area contributed by atoms with E-state index in [0.717, 1.165) is 22.0 Å². The van der Waals surface area contributed by atoms with Gasteiger partial charge in [-0.2, -0.15) is 5.10 Å². The van der Waals surface area contributed by atoms with Gasteiger partial charge < -0.3 is 9.47 Å². The van der Waals surface area contributed by atoms with Crippen molar-refractivity contribution in [2.45, 2.75) is 27.2 Å². The van der Waals surface area contributed by atoms with Crippen molar-refractivity contribution in [1.82, 2.24) is 5.43 Å². The van der Waals surface area contributed by atoms with Gasteiger partial charge in [0, 0.05) is 5.56 Å². The molecule has 0 heterocycles. The number of carbonyl (C=O) groups is 1. The van der Waals surface area contributed by atoms with Crippen LogP contribution in [-0.2, 0) is 0 Å². The van der Waals surface area contributed by atoms with Crippen LogP contribution in [0.3, 0.4) is 0 Å². The number of hydrogen-bond donors (Lipinski definition) is 1. The molecule has 2 rings (SSSR count). The summed E-state index contributed by atoms with van der Waals surface area (Å²) in [4.78, 5) is 12.1. The van der Waals surface area contributed by atoms with Crippen molar-refractivity contribution in [1.29, 1.82) is 0 Å². The summed E-state index contributed by atoms with van der Waals surface area (Å²) in [5.41, 5.74) is 4.98. The Morgan fingerprint density at radius 3 is 2.58 bits per heavy atom. The van der Waals surface area contributed by atoms with Gasteiger partial charge in [-0.25, -0.2) is 5.43 Å². The van der Waals surface area contributed by atoms with E-state index in [1.54, 1.807) is 18.3 Å². The smallest absolute Gasteiger partial charge is 0.271 e. The molecular formula is C20H23BrN2O3. The van der Waals surface area contributed by atoms with Gasteiger partial charge in [-0.3, -0.25) is 4.79 Å². The highest BCUT2D eigenvalue weighted by Crippen LogP contribution is 2.36. The molecule has 2 aromatic carbocycles. The maximum absolute atomic E-state index is 12.1. The first-order chi connectivity index (χ1) is 12.5. The minimum Gasteiger partial charge on any atom is -0.490 e. The predicted molar refractivity (Wildman–Crippen MR) is 107 cm³/mol. The molecule has 0 spiro atoms. The number of amides is 1. The molecule has 0 unspecified atom stereocenters. The third-order valence-corrected chi connectivity index (χ3v) is 4.06. The summed E-state index contributed by atoms with van der Waals surface area (Å²) >= 11 is 3.51. The van der Waals surface area contributed by atoms with Gasteiger partial charge in [0.2, 0.25) is 0 Å². The van der Waals surface area contributed by atoms with E-state index in [4.69, 9.17) is 9.47 Å². The van der Waals surface area contributed by atoms with Crippen molar-refractivity contribution in [2.75, 3.05) is 13.2 Å². The van der Waals surface area contributed by atoms with E-state index in [2.05, 4.69) is 26.5 Å². The highest BCUT2D eigenvalue weighted by molar-refractivity contribution is 9.10. The lowest BCUT2D eigenvalue weighted by Gasteiger charge is -2.14. The molecule has 138 valence electrons. The summed E-state index contributed by atoms with van der Waals surface area (Å²) in [5.74, 6) is 1.06. The van der Waals surface area contributed by atoms with E-state index in [1.807, 2.05) is 45.0 Å². The number of carbonyl (C=O) groups excluding carboxylic acids is 1. The van der Waals surface area contributed by atoms with Gasteiger partial charge in [-0.15, -0.1) is 0 Å². The number of nitrogens with zero attached hydrogens (tertiary/aromatic N) is 1. The highest BCUT2D eigenvalue weighted by atomic mass is 79.9. The van der Waals surface area contributed by atoms with Crippen LogP contribution in [0.25, 0.3) is 0 Å². The highest BCUT2D eigenvalue weighted by Gasteiger charge is 2.11. The van der Waals surface area contributed by atoms with Gasteiger partial charge in [0.15, 0.2) is 11.5 Å². The second-order valence-corrected chi connectivity index (χ2v) is 6.53. The van der Waals surface area contributed by atoms with Crippen LogP contribution in [0, 0.1) is 6.92 Å². The Bertz CT molecular complexity index is 773. The van der Waals surface area contributed by atoms with Crippen LogP contribution in [0.4, 0.5) is 0 Å². The van der Waals surface area contributed by atoms with Crippen molar-refractivity contribution >= 4 is 28.1 Å². The number of nitrogens with one attached hydrogen (secondary N) is 1. The standard InChI is InChI=1S/C20H23BrN2O3/c1-4-10-26-19-17(21)11-15(12-18(19)25-5-2)13-22-23-20(24)16-8-6-14(3)7-9-16/h6-9,11-13H,4-5,10H2,1-3H3,(H,23,24)/b22-13-. The molecular weight excluding hydrogens is 396 g/mol. The van der Waals surface area contributed by atoms with Crippen LogP contribution in [-0.4, -0.2) is 25.3 Å². The Balaban J connectivity index is 2.11. The zero-order chi connectivity index (χ0) is 18.9. The Labute approximate surface area is 162 Å². The number of hydrogen-bond acceptors (Lipinski definition) is 4. The van der Waals surface area contributed by atoms with Crippen LogP contribution in [0.15, 0.2) is 46.0 Å². The third kappa shape index (κ3) is 5.59. The summed E-state index contributed by atoms with van der Waals surface area (Å²) in [6.07, 6.45) is 2.48. The Morgan fingerprint density at radius 2 is 1.92 bits per heavy atom. The van der Waals surface area contributed by atoms with E-state index in [9.17, 15) is 4.79 Å². The summed E-state index contributed by atoms with van der Waals surface area (Å²) in [6.45, 7) is 7.08. The average molecular weight is 419 g/mol. The monoisotopic (exact) mass is 418 g/mol. The van der Waals surface area contributed by atoms with Gasteiger partial charge in [-0.05, 0) is 66.0 Å². The molecule has 6 heteroatoms. The van der Waals surface area contributed by atoms with E-state index >= 15 is 0 Å². The molecule has 26 heavy (non-hydrogen) atoms. The molecule has 2 aromatic rings. The van der Waals surface area contributed by atoms with Crippen LogP contribution in [0.2, 0.25) is 0 Å². The van der Waals surface area contributed by atoms with Crippen molar-refractivity contribution < 1.29 is 14.3 Å². The van der Waals surface area contributed by atoms with Crippen molar-refractivity contribution in [3.63, 3.8) is 0 Å². The summed E-state index contributed by atoms with van der Waals surface area (Å²) < 4.78 is 12.2. The summed E-state index contributed by atoms with van der Waals surface area (Å²) in [7, 11) is 0. The summed E-state index contributed by atoms with van der Waals surface area (Å²) in [6, 6.07) is 11.0. The number of hydrazone groups is 1. The molecule has 1 amide bonds. The lowest BCUT2D eigenvalue weighted by Crippen LogP contribution is -2.17. The first-order valence-electron chi connectivity index (χ1n) is 8.54. The first-order valence-corrected chi connectivity index (χ1v) is 9.33. The second-order valence-electron chi connectivity index (χ2n) is 5.68. The Kier molecular flexibility index (Phi) is 7.66.